The first-order valence-electron chi connectivity index (χ1n) is 10.1. The van der Waals surface area contributed by atoms with Gasteiger partial charge in [0.05, 0.1) is 25.8 Å². The molecule has 1 unspecified atom stereocenters. The number of nitrogens with zero attached hydrogens (tertiary/aromatic N) is 2. The number of rotatable bonds is 8. The number of methoxy groups -OCH3 is 2. The Morgan fingerprint density at radius 1 is 0.968 bits per heavy atom. The van der Waals surface area contributed by atoms with E-state index in [1.165, 1.54) is 0 Å². The molecular formula is C24H28N2O5. The molecule has 31 heavy (non-hydrogen) atoms. The second-order valence-corrected chi connectivity index (χ2v) is 7.65. The minimum Gasteiger partial charge on any atom is -0.507 e. The lowest BCUT2D eigenvalue weighted by Crippen LogP contribution is -2.32. The Bertz CT molecular complexity index is 964. The van der Waals surface area contributed by atoms with E-state index in [4.69, 9.17) is 9.47 Å². The largest absolute Gasteiger partial charge is 0.507 e. The quantitative estimate of drug-likeness (QED) is 0.399. The Kier molecular flexibility index (Phi) is 6.97. The van der Waals surface area contributed by atoms with Crippen LogP contribution >= 0.6 is 0 Å². The molecule has 0 saturated carbocycles. The highest BCUT2D eigenvalue weighted by molar-refractivity contribution is 6.46. The van der Waals surface area contributed by atoms with Crippen LogP contribution in [-0.2, 0) is 9.59 Å². The zero-order chi connectivity index (χ0) is 22.5. The van der Waals surface area contributed by atoms with Crippen LogP contribution in [0.3, 0.4) is 0 Å². The van der Waals surface area contributed by atoms with Crippen molar-refractivity contribution < 1.29 is 24.2 Å². The molecule has 1 amide bonds. The summed E-state index contributed by atoms with van der Waals surface area (Å²) in [6.07, 6.45) is 0.704. The predicted octanol–water partition coefficient (Wildman–Crippen LogP) is 3.08. The maximum Gasteiger partial charge on any atom is 0.295 e. The van der Waals surface area contributed by atoms with Gasteiger partial charge in [-0.2, -0.15) is 0 Å². The van der Waals surface area contributed by atoms with Crippen LogP contribution in [0.5, 0.6) is 11.5 Å². The summed E-state index contributed by atoms with van der Waals surface area (Å²) in [6, 6.07) is 13.2. The number of aliphatic hydroxyl groups excluding tert-OH is 1. The van der Waals surface area contributed by atoms with E-state index in [0.29, 0.717) is 30.0 Å². The van der Waals surface area contributed by atoms with Crippen molar-refractivity contribution in [3.8, 4) is 11.5 Å². The third-order valence-corrected chi connectivity index (χ3v) is 5.34. The lowest BCUT2D eigenvalue weighted by atomic mass is 9.95. The topological polar surface area (TPSA) is 79.3 Å². The van der Waals surface area contributed by atoms with Gasteiger partial charge in [0, 0.05) is 12.1 Å². The number of benzene rings is 2. The van der Waals surface area contributed by atoms with Crippen LogP contribution in [0.2, 0.25) is 0 Å². The fourth-order valence-corrected chi connectivity index (χ4v) is 3.71. The number of Topliss-reactive ketones (excluding diaryl/α,β-unsaturated/α-hetero) is 1. The van der Waals surface area contributed by atoms with Crippen molar-refractivity contribution >= 4 is 17.4 Å². The van der Waals surface area contributed by atoms with Crippen molar-refractivity contribution in [2.45, 2.75) is 12.5 Å². The van der Waals surface area contributed by atoms with Crippen LogP contribution in [0.15, 0.2) is 54.1 Å². The lowest BCUT2D eigenvalue weighted by molar-refractivity contribution is -0.139. The van der Waals surface area contributed by atoms with Gasteiger partial charge in [0.25, 0.3) is 11.7 Å². The lowest BCUT2D eigenvalue weighted by Gasteiger charge is -2.26. The van der Waals surface area contributed by atoms with Crippen molar-refractivity contribution in [3.63, 3.8) is 0 Å². The molecule has 2 aromatic rings. The molecule has 7 nitrogen and oxygen atoms in total. The van der Waals surface area contributed by atoms with E-state index in [2.05, 4.69) is 0 Å². The maximum atomic E-state index is 13.0. The van der Waals surface area contributed by atoms with E-state index in [0.717, 1.165) is 12.1 Å². The van der Waals surface area contributed by atoms with Crippen molar-refractivity contribution in [1.29, 1.82) is 0 Å². The standard InChI is InChI=1S/C24H28N2O5/c1-25(2)14-5-15-26-21(16-6-10-18(30-3)11-7-16)20(23(28)24(26)29)22(27)17-8-12-19(31-4)13-9-17/h6-13,21,27H,5,14-15H2,1-4H3/b22-20-. The fraction of sp³-hybridized carbons (Fsp3) is 0.333. The average molecular weight is 424 g/mol. The molecule has 1 aliphatic rings. The van der Waals surface area contributed by atoms with Gasteiger partial charge in [-0.25, -0.2) is 0 Å². The molecule has 1 fully saturated rings. The molecule has 3 rings (SSSR count). The van der Waals surface area contributed by atoms with E-state index >= 15 is 0 Å². The monoisotopic (exact) mass is 424 g/mol. The molecule has 1 aliphatic heterocycles. The Hall–Kier alpha value is -3.32. The van der Waals surface area contributed by atoms with Crippen LogP contribution in [0.1, 0.15) is 23.6 Å². The highest BCUT2D eigenvalue weighted by Gasteiger charge is 2.45. The summed E-state index contributed by atoms with van der Waals surface area (Å²) in [5, 5.41) is 11.0. The molecule has 0 spiro atoms. The Morgan fingerprint density at radius 2 is 1.52 bits per heavy atom. The Labute approximate surface area is 182 Å². The second kappa shape index (κ2) is 9.66. The van der Waals surface area contributed by atoms with Crippen LogP contribution in [-0.4, -0.2) is 68.0 Å². The van der Waals surface area contributed by atoms with Gasteiger partial charge in [-0.3, -0.25) is 9.59 Å². The van der Waals surface area contributed by atoms with Gasteiger partial charge in [-0.05, 0) is 69.0 Å². The summed E-state index contributed by atoms with van der Waals surface area (Å²) in [6.45, 7) is 1.18. The summed E-state index contributed by atoms with van der Waals surface area (Å²) < 4.78 is 10.4. The molecule has 1 atom stereocenters. The summed E-state index contributed by atoms with van der Waals surface area (Å²) >= 11 is 0. The fourth-order valence-electron chi connectivity index (χ4n) is 3.71. The second-order valence-electron chi connectivity index (χ2n) is 7.65. The number of carbonyl (C=O) groups excluding carboxylic acids is 2. The van der Waals surface area contributed by atoms with E-state index < -0.39 is 17.7 Å². The minimum absolute atomic E-state index is 0.0881. The number of amides is 1. The normalized spacial score (nSPS) is 18.0. The number of aliphatic hydroxyl groups is 1. The highest BCUT2D eigenvalue weighted by Crippen LogP contribution is 2.40. The molecule has 0 radical (unpaired) electrons. The van der Waals surface area contributed by atoms with Gasteiger partial charge in [-0.15, -0.1) is 0 Å². The number of likely N-dealkylation sites (tertiary alicyclic amines) is 1. The average Bonchev–Trinajstić information content (AvgIpc) is 3.03. The van der Waals surface area contributed by atoms with Gasteiger partial charge < -0.3 is 24.4 Å². The highest BCUT2D eigenvalue weighted by atomic mass is 16.5. The molecule has 0 aliphatic carbocycles. The molecule has 1 N–H and O–H groups in total. The molecular weight excluding hydrogens is 396 g/mol. The van der Waals surface area contributed by atoms with Gasteiger partial charge >= 0.3 is 0 Å². The molecule has 0 aromatic heterocycles. The SMILES string of the molecule is COc1ccc(/C(O)=C2/C(=O)C(=O)N(CCCN(C)C)C2c2ccc(OC)cc2)cc1. The van der Waals surface area contributed by atoms with E-state index in [1.54, 1.807) is 55.5 Å². The first-order chi connectivity index (χ1) is 14.9. The minimum atomic E-state index is -0.681. The maximum absolute atomic E-state index is 13.0. The van der Waals surface area contributed by atoms with Crippen molar-refractivity contribution in [3.05, 3.63) is 65.2 Å². The van der Waals surface area contributed by atoms with Gasteiger partial charge in [0.15, 0.2) is 0 Å². The van der Waals surface area contributed by atoms with E-state index in [-0.39, 0.29) is 11.3 Å². The third-order valence-electron chi connectivity index (χ3n) is 5.34. The molecule has 1 heterocycles. The van der Waals surface area contributed by atoms with Crippen molar-refractivity contribution in [2.75, 3.05) is 41.4 Å². The summed E-state index contributed by atoms with van der Waals surface area (Å²) in [4.78, 5) is 29.5. The summed E-state index contributed by atoms with van der Waals surface area (Å²) in [5.41, 5.74) is 1.27. The molecule has 0 bridgehead atoms. The molecule has 7 heteroatoms. The van der Waals surface area contributed by atoms with E-state index in [1.807, 2.05) is 31.1 Å². The van der Waals surface area contributed by atoms with Gasteiger partial charge in [-0.1, -0.05) is 12.1 Å². The van der Waals surface area contributed by atoms with Gasteiger partial charge in [0.2, 0.25) is 0 Å². The van der Waals surface area contributed by atoms with Crippen LogP contribution in [0.25, 0.3) is 5.76 Å². The number of hydrogen-bond acceptors (Lipinski definition) is 6. The van der Waals surface area contributed by atoms with Crippen LogP contribution < -0.4 is 9.47 Å². The first kappa shape index (κ1) is 22.4. The number of ether oxygens (including phenoxy) is 2. The zero-order valence-electron chi connectivity index (χ0n) is 18.3. The number of ketones is 1. The summed E-state index contributed by atoms with van der Waals surface area (Å²) in [7, 11) is 7.04. The predicted molar refractivity (Wildman–Crippen MR) is 118 cm³/mol. The van der Waals surface area contributed by atoms with Crippen LogP contribution in [0, 0.1) is 0 Å². The van der Waals surface area contributed by atoms with Crippen molar-refractivity contribution in [2.24, 2.45) is 0 Å². The van der Waals surface area contributed by atoms with Crippen LogP contribution in [0.4, 0.5) is 0 Å². The summed E-state index contributed by atoms with van der Waals surface area (Å²) in [5.74, 6) is -0.179. The number of hydrogen-bond donors (Lipinski definition) is 1. The van der Waals surface area contributed by atoms with Gasteiger partial charge in [0.1, 0.15) is 17.3 Å². The molecule has 1 saturated heterocycles. The zero-order valence-corrected chi connectivity index (χ0v) is 18.3. The first-order valence-corrected chi connectivity index (χ1v) is 10.1. The van der Waals surface area contributed by atoms with E-state index in [9.17, 15) is 14.7 Å². The Morgan fingerprint density at radius 3 is 2.03 bits per heavy atom. The molecule has 2 aromatic carbocycles. The number of carbonyl (C=O) groups is 2. The molecule has 164 valence electrons. The smallest absolute Gasteiger partial charge is 0.295 e. The Balaban J connectivity index is 2.06. The van der Waals surface area contributed by atoms with Crippen molar-refractivity contribution in [1.82, 2.24) is 9.80 Å². The third kappa shape index (κ3) is 4.72.